The highest BCUT2D eigenvalue weighted by molar-refractivity contribution is 5.91. The van der Waals surface area contributed by atoms with Gasteiger partial charge in [-0.1, -0.05) is 38.8 Å². The van der Waals surface area contributed by atoms with E-state index in [-0.39, 0.29) is 11.3 Å². The Bertz CT molecular complexity index is 764. The van der Waals surface area contributed by atoms with Gasteiger partial charge in [0, 0.05) is 18.7 Å². The van der Waals surface area contributed by atoms with E-state index >= 15 is 0 Å². The first-order chi connectivity index (χ1) is 14.0. The number of non-ortho nitro benzene ring substituents is 1. The standard InChI is InChI=1S/C23H30N2O4/c1-3-5-16-24(17-6-4-2)18-15-19-7-13-22(14-8-19)29-23(26)20-9-11-21(12-10-20)25(27)28/h7-14H,3-6,15-18H2,1-2H3. The van der Waals surface area contributed by atoms with Crippen LogP contribution in [-0.2, 0) is 6.42 Å². The topological polar surface area (TPSA) is 72.7 Å². The zero-order valence-corrected chi connectivity index (χ0v) is 17.3. The summed E-state index contributed by atoms with van der Waals surface area (Å²) < 4.78 is 5.37. The Labute approximate surface area is 172 Å². The highest BCUT2D eigenvalue weighted by Crippen LogP contribution is 2.17. The highest BCUT2D eigenvalue weighted by atomic mass is 16.6. The molecule has 2 aromatic carbocycles. The lowest BCUT2D eigenvalue weighted by Gasteiger charge is -2.22. The lowest BCUT2D eigenvalue weighted by Crippen LogP contribution is -2.28. The molecule has 0 N–H and O–H groups in total. The number of carbonyl (C=O) groups is 1. The van der Waals surface area contributed by atoms with Crippen LogP contribution in [0.4, 0.5) is 5.69 Å². The van der Waals surface area contributed by atoms with Gasteiger partial charge in [-0.2, -0.15) is 0 Å². The summed E-state index contributed by atoms with van der Waals surface area (Å²) in [6.45, 7) is 7.74. The van der Waals surface area contributed by atoms with Crippen LogP contribution in [-0.4, -0.2) is 35.4 Å². The number of ether oxygens (including phenoxy) is 1. The van der Waals surface area contributed by atoms with Gasteiger partial charge in [0.05, 0.1) is 10.5 Å². The molecule has 0 unspecified atom stereocenters. The van der Waals surface area contributed by atoms with Gasteiger partial charge in [0.15, 0.2) is 0 Å². The van der Waals surface area contributed by atoms with E-state index in [1.165, 1.54) is 55.5 Å². The molecule has 0 aliphatic carbocycles. The number of rotatable bonds is 12. The van der Waals surface area contributed by atoms with Gasteiger partial charge in [-0.3, -0.25) is 10.1 Å². The fourth-order valence-corrected chi connectivity index (χ4v) is 3.00. The molecular formula is C23H30N2O4. The van der Waals surface area contributed by atoms with Crippen LogP contribution in [0.1, 0.15) is 55.5 Å². The molecule has 2 aromatic rings. The van der Waals surface area contributed by atoms with Crippen LogP contribution in [0.2, 0.25) is 0 Å². The molecule has 6 heteroatoms. The number of esters is 1. The fraction of sp³-hybridized carbons (Fsp3) is 0.435. The van der Waals surface area contributed by atoms with Crippen molar-refractivity contribution >= 4 is 11.7 Å². The monoisotopic (exact) mass is 398 g/mol. The van der Waals surface area contributed by atoms with Crippen molar-refractivity contribution in [1.82, 2.24) is 4.90 Å². The van der Waals surface area contributed by atoms with E-state index in [4.69, 9.17) is 4.74 Å². The molecule has 0 aliphatic heterocycles. The number of nitrogens with zero attached hydrogens (tertiary/aromatic N) is 2. The number of carbonyl (C=O) groups excluding carboxylic acids is 1. The molecule has 0 saturated carbocycles. The van der Waals surface area contributed by atoms with E-state index in [1.807, 2.05) is 12.1 Å². The van der Waals surface area contributed by atoms with Crippen molar-refractivity contribution in [3.8, 4) is 5.75 Å². The summed E-state index contributed by atoms with van der Waals surface area (Å²) in [5, 5.41) is 10.7. The average molecular weight is 399 g/mol. The molecule has 0 radical (unpaired) electrons. The van der Waals surface area contributed by atoms with Crippen molar-refractivity contribution in [3.63, 3.8) is 0 Å². The van der Waals surface area contributed by atoms with Gasteiger partial charge >= 0.3 is 5.97 Å². The van der Waals surface area contributed by atoms with Gasteiger partial charge in [-0.15, -0.1) is 0 Å². The first-order valence-corrected chi connectivity index (χ1v) is 10.3. The van der Waals surface area contributed by atoms with Crippen LogP contribution >= 0.6 is 0 Å². The quantitative estimate of drug-likeness (QED) is 0.211. The summed E-state index contributed by atoms with van der Waals surface area (Å²) in [5.74, 6) is -0.0659. The first-order valence-electron chi connectivity index (χ1n) is 10.3. The third-order valence-corrected chi connectivity index (χ3v) is 4.82. The number of hydrogen-bond donors (Lipinski definition) is 0. The molecule has 0 saturated heterocycles. The second kappa shape index (κ2) is 12.0. The molecule has 156 valence electrons. The third kappa shape index (κ3) is 7.66. The summed E-state index contributed by atoms with van der Waals surface area (Å²) >= 11 is 0. The average Bonchev–Trinajstić information content (AvgIpc) is 2.74. The van der Waals surface area contributed by atoms with Gasteiger partial charge in [0.2, 0.25) is 0 Å². The predicted octanol–water partition coefficient (Wildman–Crippen LogP) is 5.26. The van der Waals surface area contributed by atoms with E-state index in [9.17, 15) is 14.9 Å². The molecule has 6 nitrogen and oxygen atoms in total. The molecule has 0 amide bonds. The van der Waals surface area contributed by atoms with E-state index in [1.54, 1.807) is 12.1 Å². The Balaban J connectivity index is 1.88. The van der Waals surface area contributed by atoms with Crippen LogP contribution in [0.15, 0.2) is 48.5 Å². The van der Waals surface area contributed by atoms with Crippen molar-refractivity contribution in [2.75, 3.05) is 19.6 Å². The molecule has 0 bridgehead atoms. The fourth-order valence-electron chi connectivity index (χ4n) is 3.00. The minimum atomic E-state index is -0.530. The van der Waals surface area contributed by atoms with Crippen molar-refractivity contribution in [2.24, 2.45) is 0 Å². The zero-order valence-electron chi connectivity index (χ0n) is 17.3. The van der Waals surface area contributed by atoms with Crippen molar-refractivity contribution in [3.05, 3.63) is 69.8 Å². The number of nitro groups is 1. The minimum Gasteiger partial charge on any atom is -0.423 e. The second-order valence-electron chi connectivity index (χ2n) is 7.14. The molecule has 0 fully saturated rings. The molecule has 0 spiro atoms. The van der Waals surface area contributed by atoms with Crippen LogP contribution in [0.5, 0.6) is 5.75 Å². The second-order valence-corrected chi connectivity index (χ2v) is 7.14. The largest absolute Gasteiger partial charge is 0.423 e. The number of hydrogen-bond acceptors (Lipinski definition) is 5. The maximum atomic E-state index is 12.2. The lowest BCUT2D eigenvalue weighted by atomic mass is 10.1. The molecule has 29 heavy (non-hydrogen) atoms. The van der Waals surface area contributed by atoms with Gasteiger partial charge in [-0.25, -0.2) is 4.79 Å². The Kier molecular flexibility index (Phi) is 9.31. The molecular weight excluding hydrogens is 368 g/mol. The first kappa shape index (κ1) is 22.6. The summed E-state index contributed by atoms with van der Waals surface area (Å²) in [4.78, 5) is 24.9. The summed E-state index contributed by atoms with van der Waals surface area (Å²) in [6.07, 6.45) is 5.82. The third-order valence-electron chi connectivity index (χ3n) is 4.82. The maximum Gasteiger partial charge on any atom is 0.343 e. The molecule has 0 atom stereocenters. The van der Waals surface area contributed by atoms with Gasteiger partial charge in [0.25, 0.3) is 5.69 Å². The number of unbranched alkanes of at least 4 members (excludes halogenated alkanes) is 2. The van der Waals surface area contributed by atoms with Gasteiger partial charge in [-0.05, 0) is 62.2 Å². The van der Waals surface area contributed by atoms with E-state index in [0.29, 0.717) is 5.75 Å². The van der Waals surface area contributed by atoms with E-state index in [0.717, 1.165) is 26.1 Å². The SMILES string of the molecule is CCCCN(CCCC)CCc1ccc(OC(=O)c2ccc([N+](=O)[O-])cc2)cc1. The van der Waals surface area contributed by atoms with Crippen LogP contribution < -0.4 is 4.74 Å². The van der Waals surface area contributed by atoms with E-state index in [2.05, 4.69) is 18.7 Å². The van der Waals surface area contributed by atoms with Crippen LogP contribution in [0, 0.1) is 10.1 Å². The number of nitro benzene ring substituents is 1. The van der Waals surface area contributed by atoms with E-state index < -0.39 is 10.9 Å². The normalized spacial score (nSPS) is 10.9. The van der Waals surface area contributed by atoms with Crippen molar-refractivity contribution < 1.29 is 14.5 Å². The Hall–Kier alpha value is -2.73. The summed E-state index contributed by atoms with van der Waals surface area (Å²) in [7, 11) is 0. The predicted molar refractivity (Wildman–Crippen MR) is 114 cm³/mol. The Morgan fingerprint density at radius 2 is 1.52 bits per heavy atom. The van der Waals surface area contributed by atoms with Crippen molar-refractivity contribution in [2.45, 2.75) is 46.0 Å². The minimum absolute atomic E-state index is 0.0576. The Morgan fingerprint density at radius 3 is 2.03 bits per heavy atom. The lowest BCUT2D eigenvalue weighted by molar-refractivity contribution is -0.384. The molecule has 0 aliphatic rings. The molecule has 0 aromatic heterocycles. The summed E-state index contributed by atoms with van der Waals surface area (Å²) in [6, 6.07) is 12.9. The van der Waals surface area contributed by atoms with Gasteiger partial charge < -0.3 is 9.64 Å². The zero-order chi connectivity index (χ0) is 21.1. The van der Waals surface area contributed by atoms with Crippen LogP contribution in [0.25, 0.3) is 0 Å². The molecule has 2 rings (SSSR count). The van der Waals surface area contributed by atoms with Gasteiger partial charge in [0.1, 0.15) is 5.75 Å². The highest BCUT2D eigenvalue weighted by Gasteiger charge is 2.12. The van der Waals surface area contributed by atoms with Crippen LogP contribution in [0.3, 0.4) is 0 Å². The maximum absolute atomic E-state index is 12.2. The van der Waals surface area contributed by atoms with Crippen molar-refractivity contribution in [1.29, 1.82) is 0 Å². The molecule has 0 heterocycles. The number of benzene rings is 2. The Morgan fingerprint density at radius 1 is 0.931 bits per heavy atom. The smallest absolute Gasteiger partial charge is 0.343 e. The summed E-state index contributed by atoms with van der Waals surface area (Å²) in [5.41, 5.74) is 1.43.